The molecule has 0 saturated carbocycles. The quantitative estimate of drug-likeness (QED) is 0.324. The number of carbonyl (C=O) groups is 1. The maximum atomic E-state index is 13.5. The highest BCUT2D eigenvalue weighted by Crippen LogP contribution is 2.44. The molecule has 32 heavy (non-hydrogen) atoms. The Hall–Kier alpha value is -3.13. The first-order valence-electron chi connectivity index (χ1n) is 9.64. The maximum Gasteiger partial charge on any atom is 0.211 e. The summed E-state index contributed by atoms with van der Waals surface area (Å²) in [6, 6.07) is 22.0. The van der Waals surface area contributed by atoms with Crippen molar-refractivity contribution in [3.8, 4) is 0 Å². The van der Waals surface area contributed by atoms with Gasteiger partial charge in [0.1, 0.15) is 14.8 Å². The van der Waals surface area contributed by atoms with E-state index in [0.717, 1.165) is 16.9 Å². The number of hydrogen-bond acceptors (Lipinski definition) is 6. The molecule has 0 amide bonds. The second-order valence-electron chi connectivity index (χ2n) is 7.15. The smallest absolute Gasteiger partial charge is 0.211 e. The number of thiophene rings is 1. The molecule has 0 aliphatic rings. The fraction of sp³-hybridized carbons (Fsp3) is 0.0417. The van der Waals surface area contributed by atoms with Crippen LogP contribution in [-0.4, -0.2) is 14.2 Å². The van der Waals surface area contributed by atoms with E-state index in [1.54, 1.807) is 30.3 Å². The molecule has 5 nitrogen and oxygen atoms in total. The average molecular weight is 483 g/mol. The van der Waals surface area contributed by atoms with Crippen LogP contribution in [0.15, 0.2) is 88.7 Å². The molecule has 3 aromatic carbocycles. The highest BCUT2D eigenvalue weighted by Gasteiger charge is 2.31. The van der Waals surface area contributed by atoms with E-state index in [1.807, 2.05) is 31.2 Å². The van der Waals surface area contributed by atoms with Crippen molar-refractivity contribution in [2.75, 3.05) is 11.1 Å². The number of nitrogens with one attached hydrogen (secondary N) is 1. The van der Waals surface area contributed by atoms with Crippen LogP contribution in [0, 0.1) is 6.92 Å². The summed E-state index contributed by atoms with van der Waals surface area (Å²) in [5, 5.41) is 3.85. The summed E-state index contributed by atoms with van der Waals surface area (Å²) < 4.78 is 27.1. The zero-order valence-electron chi connectivity index (χ0n) is 17.0. The number of carbonyl (C=O) groups excluding carboxylic acids is 1. The SMILES string of the molecule is Cc1cccc(Nc2sc(C(=O)c3ccccc3)c(N)c2S(=O)(=O)c2ccc(Cl)cc2)c1. The van der Waals surface area contributed by atoms with E-state index in [9.17, 15) is 13.2 Å². The van der Waals surface area contributed by atoms with Crippen molar-refractivity contribution >= 4 is 54.9 Å². The Morgan fingerprint density at radius 2 is 1.66 bits per heavy atom. The van der Waals surface area contributed by atoms with Crippen LogP contribution in [0.5, 0.6) is 0 Å². The van der Waals surface area contributed by atoms with E-state index in [-0.39, 0.29) is 31.1 Å². The molecule has 4 rings (SSSR count). The first-order valence-corrected chi connectivity index (χ1v) is 12.3. The van der Waals surface area contributed by atoms with Gasteiger partial charge in [-0.15, -0.1) is 11.3 Å². The fourth-order valence-electron chi connectivity index (χ4n) is 3.25. The van der Waals surface area contributed by atoms with Crippen molar-refractivity contribution in [1.29, 1.82) is 0 Å². The second-order valence-corrected chi connectivity index (χ2v) is 10.5. The third-order valence-corrected chi connectivity index (χ3v) is 8.17. The molecule has 0 radical (unpaired) electrons. The molecule has 0 bridgehead atoms. The molecule has 1 aromatic heterocycles. The predicted octanol–water partition coefficient (Wildman–Crippen LogP) is 6.10. The molecular weight excluding hydrogens is 464 g/mol. The number of aryl methyl sites for hydroxylation is 1. The summed E-state index contributed by atoms with van der Waals surface area (Å²) in [5.74, 6) is -0.335. The Morgan fingerprint density at radius 1 is 0.969 bits per heavy atom. The van der Waals surface area contributed by atoms with Crippen molar-refractivity contribution in [2.24, 2.45) is 0 Å². The van der Waals surface area contributed by atoms with Crippen molar-refractivity contribution in [3.05, 3.63) is 99.9 Å². The van der Waals surface area contributed by atoms with Crippen LogP contribution in [0.4, 0.5) is 16.4 Å². The summed E-state index contributed by atoms with van der Waals surface area (Å²) >= 11 is 6.96. The number of rotatable bonds is 6. The second kappa shape index (κ2) is 8.78. The Balaban J connectivity index is 1.89. The lowest BCUT2D eigenvalue weighted by atomic mass is 10.1. The van der Waals surface area contributed by atoms with Crippen LogP contribution in [0.2, 0.25) is 5.02 Å². The van der Waals surface area contributed by atoms with Crippen LogP contribution in [0.1, 0.15) is 20.8 Å². The largest absolute Gasteiger partial charge is 0.396 e. The van der Waals surface area contributed by atoms with Crippen LogP contribution in [-0.2, 0) is 9.84 Å². The van der Waals surface area contributed by atoms with E-state index >= 15 is 0 Å². The van der Waals surface area contributed by atoms with Crippen LogP contribution in [0.25, 0.3) is 0 Å². The number of nitrogen functional groups attached to an aromatic ring is 1. The molecule has 0 spiro atoms. The lowest BCUT2D eigenvalue weighted by molar-refractivity contribution is 0.104. The molecule has 4 aromatic rings. The van der Waals surface area contributed by atoms with Gasteiger partial charge >= 0.3 is 0 Å². The molecule has 3 N–H and O–H groups in total. The minimum absolute atomic E-state index is 0.0393. The Kier molecular flexibility index (Phi) is 6.06. The molecule has 0 fully saturated rings. The molecular formula is C24H19ClN2O3S2. The number of anilines is 3. The van der Waals surface area contributed by atoms with E-state index < -0.39 is 9.84 Å². The van der Waals surface area contributed by atoms with E-state index in [0.29, 0.717) is 16.3 Å². The number of benzene rings is 3. The third kappa shape index (κ3) is 4.27. The van der Waals surface area contributed by atoms with Gasteiger partial charge in [-0.25, -0.2) is 8.42 Å². The van der Waals surface area contributed by atoms with Gasteiger partial charge in [-0.3, -0.25) is 4.79 Å². The number of ketones is 1. The number of hydrogen-bond donors (Lipinski definition) is 2. The summed E-state index contributed by atoms with van der Waals surface area (Å²) in [4.78, 5) is 13.2. The summed E-state index contributed by atoms with van der Waals surface area (Å²) in [6.07, 6.45) is 0. The van der Waals surface area contributed by atoms with Gasteiger partial charge in [-0.2, -0.15) is 0 Å². The molecule has 0 unspecified atom stereocenters. The minimum atomic E-state index is -4.03. The van der Waals surface area contributed by atoms with Crippen LogP contribution in [0.3, 0.4) is 0 Å². The maximum absolute atomic E-state index is 13.5. The van der Waals surface area contributed by atoms with Crippen LogP contribution >= 0.6 is 22.9 Å². The first kappa shape index (κ1) is 22.1. The van der Waals surface area contributed by atoms with Gasteiger partial charge in [0.05, 0.1) is 10.6 Å². The summed E-state index contributed by atoms with van der Waals surface area (Å²) in [5.41, 5.74) is 8.37. The number of halogens is 1. The van der Waals surface area contributed by atoms with E-state index in [1.165, 1.54) is 24.3 Å². The molecule has 0 aliphatic carbocycles. The van der Waals surface area contributed by atoms with Gasteiger partial charge < -0.3 is 11.1 Å². The monoisotopic (exact) mass is 482 g/mol. The molecule has 8 heteroatoms. The van der Waals surface area contributed by atoms with Gasteiger partial charge in [-0.05, 0) is 48.9 Å². The Labute approximate surface area is 195 Å². The lowest BCUT2D eigenvalue weighted by Gasteiger charge is -2.10. The zero-order chi connectivity index (χ0) is 22.9. The number of sulfone groups is 1. The highest BCUT2D eigenvalue weighted by molar-refractivity contribution is 7.92. The van der Waals surface area contributed by atoms with E-state index in [2.05, 4.69) is 5.32 Å². The van der Waals surface area contributed by atoms with Crippen molar-refractivity contribution in [3.63, 3.8) is 0 Å². The van der Waals surface area contributed by atoms with E-state index in [4.69, 9.17) is 17.3 Å². The molecule has 0 aliphatic heterocycles. The topological polar surface area (TPSA) is 89.3 Å². The van der Waals surface area contributed by atoms with Gasteiger partial charge in [0.2, 0.25) is 15.6 Å². The molecule has 0 atom stereocenters. The standard InChI is InChI=1S/C24H19ClN2O3S2/c1-15-6-5-9-18(14-15)27-24-23(32(29,30)19-12-10-17(25)11-13-19)20(26)22(31-24)21(28)16-7-3-2-4-8-16/h2-14,27H,26H2,1H3. The minimum Gasteiger partial charge on any atom is -0.396 e. The van der Waals surface area contributed by atoms with Gasteiger partial charge in [0.25, 0.3) is 0 Å². The van der Waals surface area contributed by atoms with Crippen molar-refractivity contribution in [2.45, 2.75) is 16.7 Å². The normalized spacial score (nSPS) is 11.3. The summed E-state index contributed by atoms with van der Waals surface area (Å²) in [7, 11) is -4.03. The first-order chi connectivity index (χ1) is 15.3. The highest BCUT2D eigenvalue weighted by atomic mass is 35.5. The number of nitrogens with two attached hydrogens (primary N) is 1. The molecule has 1 heterocycles. The molecule has 162 valence electrons. The zero-order valence-corrected chi connectivity index (χ0v) is 19.4. The predicted molar refractivity (Wildman–Crippen MR) is 130 cm³/mol. The van der Waals surface area contributed by atoms with Gasteiger partial charge in [-0.1, -0.05) is 54.1 Å². The van der Waals surface area contributed by atoms with Gasteiger partial charge in [0.15, 0.2) is 0 Å². The fourth-order valence-corrected chi connectivity index (χ4v) is 6.31. The summed E-state index contributed by atoms with van der Waals surface area (Å²) in [6.45, 7) is 1.93. The van der Waals surface area contributed by atoms with Gasteiger partial charge in [0, 0.05) is 16.3 Å². The van der Waals surface area contributed by atoms with Crippen LogP contribution < -0.4 is 11.1 Å². The average Bonchev–Trinajstić information content (AvgIpc) is 3.10. The third-order valence-electron chi connectivity index (χ3n) is 4.81. The van der Waals surface area contributed by atoms with Crippen molar-refractivity contribution < 1.29 is 13.2 Å². The Morgan fingerprint density at radius 3 is 2.31 bits per heavy atom. The molecule has 0 saturated heterocycles. The lowest BCUT2D eigenvalue weighted by Crippen LogP contribution is -2.08. The van der Waals surface area contributed by atoms with Crippen molar-refractivity contribution in [1.82, 2.24) is 0 Å². The Bertz CT molecular complexity index is 1400.